The summed E-state index contributed by atoms with van der Waals surface area (Å²) in [5.74, 6) is 1.02. The SMILES string of the molecule is COc1ccc(CC(=O)N2CCC(NC(=O)C3CC(=O)N(C(C)C)C3)CC2)cc1OC. The minimum Gasteiger partial charge on any atom is -0.493 e. The van der Waals surface area contributed by atoms with E-state index in [1.165, 1.54) is 0 Å². The van der Waals surface area contributed by atoms with Gasteiger partial charge in [-0.15, -0.1) is 0 Å². The van der Waals surface area contributed by atoms with Crippen LogP contribution in [0.1, 0.15) is 38.7 Å². The predicted octanol–water partition coefficient (Wildman–Crippen LogP) is 1.61. The molecular formula is C23H33N3O5. The Morgan fingerprint density at radius 3 is 2.39 bits per heavy atom. The van der Waals surface area contributed by atoms with Crippen molar-refractivity contribution in [2.75, 3.05) is 33.9 Å². The zero-order valence-corrected chi connectivity index (χ0v) is 18.8. The van der Waals surface area contributed by atoms with Gasteiger partial charge in [-0.3, -0.25) is 14.4 Å². The molecule has 1 aromatic rings. The molecule has 1 atom stereocenters. The molecule has 2 saturated heterocycles. The van der Waals surface area contributed by atoms with Crippen molar-refractivity contribution in [2.45, 2.75) is 51.6 Å². The molecule has 0 radical (unpaired) electrons. The van der Waals surface area contributed by atoms with Crippen LogP contribution in [-0.4, -0.2) is 73.5 Å². The molecule has 2 fully saturated rings. The normalized spacial score (nSPS) is 19.6. The van der Waals surface area contributed by atoms with E-state index < -0.39 is 0 Å². The quantitative estimate of drug-likeness (QED) is 0.709. The van der Waals surface area contributed by atoms with Crippen LogP contribution in [0, 0.1) is 5.92 Å². The van der Waals surface area contributed by atoms with Crippen LogP contribution in [0.4, 0.5) is 0 Å². The fraction of sp³-hybridized carbons (Fsp3) is 0.609. The van der Waals surface area contributed by atoms with Gasteiger partial charge in [0, 0.05) is 38.1 Å². The van der Waals surface area contributed by atoms with Crippen LogP contribution in [0.3, 0.4) is 0 Å². The minimum absolute atomic E-state index is 0.0424. The Morgan fingerprint density at radius 1 is 1.13 bits per heavy atom. The Hall–Kier alpha value is -2.77. The molecule has 0 spiro atoms. The van der Waals surface area contributed by atoms with Gasteiger partial charge in [-0.25, -0.2) is 0 Å². The van der Waals surface area contributed by atoms with Crippen molar-refractivity contribution in [3.05, 3.63) is 23.8 Å². The Balaban J connectivity index is 1.47. The number of benzene rings is 1. The zero-order valence-electron chi connectivity index (χ0n) is 18.8. The number of piperidine rings is 1. The summed E-state index contributed by atoms with van der Waals surface area (Å²) in [6, 6.07) is 5.66. The molecule has 2 heterocycles. The van der Waals surface area contributed by atoms with Crippen molar-refractivity contribution in [3.63, 3.8) is 0 Å². The molecule has 2 aliphatic heterocycles. The van der Waals surface area contributed by atoms with Gasteiger partial charge < -0.3 is 24.6 Å². The highest BCUT2D eigenvalue weighted by Crippen LogP contribution is 2.28. The van der Waals surface area contributed by atoms with E-state index in [2.05, 4.69) is 5.32 Å². The molecule has 1 unspecified atom stereocenters. The van der Waals surface area contributed by atoms with Gasteiger partial charge >= 0.3 is 0 Å². The molecular weight excluding hydrogens is 398 g/mol. The first-order valence-electron chi connectivity index (χ1n) is 10.9. The predicted molar refractivity (Wildman–Crippen MR) is 116 cm³/mol. The van der Waals surface area contributed by atoms with E-state index in [4.69, 9.17) is 9.47 Å². The Labute approximate surface area is 183 Å². The van der Waals surface area contributed by atoms with Crippen molar-refractivity contribution in [3.8, 4) is 11.5 Å². The number of rotatable bonds is 7. The minimum atomic E-state index is -0.278. The zero-order chi connectivity index (χ0) is 22.5. The first-order valence-corrected chi connectivity index (χ1v) is 10.9. The largest absolute Gasteiger partial charge is 0.493 e. The van der Waals surface area contributed by atoms with Crippen LogP contribution >= 0.6 is 0 Å². The third kappa shape index (κ3) is 5.48. The molecule has 2 aliphatic rings. The molecule has 3 rings (SSSR count). The number of nitrogens with zero attached hydrogens (tertiary/aromatic N) is 2. The second-order valence-electron chi connectivity index (χ2n) is 8.57. The van der Waals surface area contributed by atoms with Gasteiger partial charge in [0.15, 0.2) is 11.5 Å². The van der Waals surface area contributed by atoms with Gasteiger partial charge in [0.05, 0.1) is 26.6 Å². The molecule has 8 heteroatoms. The van der Waals surface area contributed by atoms with Crippen molar-refractivity contribution in [1.82, 2.24) is 15.1 Å². The molecule has 1 aromatic carbocycles. The molecule has 1 N–H and O–H groups in total. The number of carbonyl (C=O) groups excluding carboxylic acids is 3. The van der Waals surface area contributed by atoms with Crippen LogP contribution in [-0.2, 0) is 20.8 Å². The monoisotopic (exact) mass is 431 g/mol. The smallest absolute Gasteiger partial charge is 0.226 e. The summed E-state index contributed by atoms with van der Waals surface area (Å²) in [5, 5.41) is 3.09. The Bertz CT molecular complexity index is 817. The van der Waals surface area contributed by atoms with Crippen LogP contribution in [0.25, 0.3) is 0 Å². The second-order valence-corrected chi connectivity index (χ2v) is 8.57. The molecule has 170 valence electrons. The van der Waals surface area contributed by atoms with Gasteiger partial charge in [-0.1, -0.05) is 6.07 Å². The highest BCUT2D eigenvalue weighted by atomic mass is 16.5. The van der Waals surface area contributed by atoms with E-state index in [1.807, 2.05) is 30.9 Å². The topological polar surface area (TPSA) is 88.2 Å². The maximum absolute atomic E-state index is 12.7. The lowest BCUT2D eigenvalue weighted by atomic mass is 10.0. The van der Waals surface area contributed by atoms with E-state index >= 15 is 0 Å². The van der Waals surface area contributed by atoms with Gasteiger partial charge in [-0.2, -0.15) is 0 Å². The summed E-state index contributed by atoms with van der Waals surface area (Å²) in [5.41, 5.74) is 0.874. The Kier molecular flexibility index (Phi) is 7.41. The van der Waals surface area contributed by atoms with Crippen molar-refractivity contribution in [1.29, 1.82) is 0 Å². The summed E-state index contributed by atoms with van der Waals surface area (Å²) in [7, 11) is 3.15. The number of carbonyl (C=O) groups is 3. The van der Waals surface area contributed by atoms with Crippen molar-refractivity contribution < 1.29 is 23.9 Å². The van der Waals surface area contributed by atoms with E-state index in [0.717, 1.165) is 18.4 Å². The molecule has 0 aliphatic carbocycles. The van der Waals surface area contributed by atoms with E-state index in [9.17, 15) is 14.4 Å². The lowest BCUT2D eigenvalue weighted by Crippen LogP contribution is -2.48. The fourth-order valence-corrected chi connectivity index (χ4v) is 4.28. The molecule has 0 aromatic heterocycles. The first-order chi connectivity index (χ1) is 14.8. The third-order valence-electron chi connectivity index (χ3n) is 6.15. The number of hydrogen-bond donors (Lipinski definition) is 1. The Morgan fingerprint density at radius 2 is 1.81 bits per heavy atom. The lowest BCUT2D eigenvalue weighted by molar-refractivity contribution is -0.132. The number of methoxy groups -OCH3 is 2. The van der Waals surface area contributed by atoms with Crippen LogP contribution in [0.5, 0.6) is 11.5 Å². The average molecular weight is 432 g/mol. The van der Waals surface area contributed by atoms with E-state index in [0.29, 0.717) is 37.6 Å². The maximum Gasteiger partial charge on any atom is 0.226 e. The third-order valence-corrected chi connectivity index (χ3v) is 6.15. The number of ether oxygens (including phenoxy) is 2. The van der Waals surface area contributed by atoms with E-state index in [1.54, 1.807) is 25.2 Å². The van der Waals surface area contributed by atoms with Crippen LogP contribution in [0.15, 0.2) is 18.2 Å². The molecule has 0 bridgehead atoms. The van der Waals surface area contributed by atoms with Gasteiger partial charge in [0.2, 0.25) is 17.7 Å². The summed E-state index contributed by atoms with van der Waals surface area (Å²) < 4.78 is 10.5. The number of hydrogen-bond acceptors (Lipinski definition) is 5. The van der Waals surface area contributed by atoms with Crippen molar-refractivity contribution in [2.24, 2.45) is 5.92 Å². The average Bonchev–Trinajstić information content (AvgIpc) is 3.16. The second kappa shape index (κ2) is 10.0. The van der Waals surface area contributed by atoms with Gasteiger partial charge in [0.25, 0.3) is 0 Å². The number of likely N-dealkylation sites (tertiary alicyclic amines) is 2. The molecule has 8 nitrogen and oxygen atoms in total. The highest BCUT2D eigenvalue weighted by Gasteiger charge is 2.36. The van der Waals surface area contributed by atoms with Crippen LogP contribution in [0.2, 0.25) is 0 Å². The van der Waals surface area contributed by atoms with Gasteiger partial charge in [-0.05, 0) is 44.4 Å². The molecule has 3 amide bonds. The van der Waals surface area contributed by atoms with Gasteiger partial charge in [0.1, 0.15) is 0 Å². The molecule has 0 saturated carbocycles. The van der Waals surface area contributed by atoms with Crippen LogP contribution < -0.4 is 14.8 Å². The van der Waals surface area contributed by atoms with Crippen molar-refractivity contribution >= 4 is 17.7 Å². The molecule has 31 heavy (non-hydrogen) atoms. The number of nitrogens with one attached hydrogen (secondary N) is 1. The maximum atomic E-state index is 12.7. The number of amides is 3. The summed E-state index contributed by atoms with van der Waals surface area (Å²) in [6.45, 7) is 5.64. The lowest BCUT2D eigenvalue weighted by Gasteiger charge is -2.33. The fourth-order valence-electron chi connectivity index (χ4n) is 4.28. The highest BCUT2D eigenvalue weighted by molar-refractivity contribution is 5.89. The summed E-state index contributed by atoms with van der Waals surface area (Å²) in [6.07, 6.45) is 2.02. The van der Waals surface area contributed by atoms with E-state index in [-0.39, 0.29) is 42.1 Å². The first kappa shape index (κ1) is 22.9. The summed E-state index contributed by atoms with van der Waals surface area (Å²) >= 11 is 0. The summed E-state index contributed by atoms with van der Waals surface area (Å²) in [4.78, 5) is 41.0. The standard InChI is InChI=1S/C23H33N3O5/c1-15(2)26-14-17(13-22(26)28)23(29)24-18-7-9-25(10-8-18)21(27)12-16-5-6-19(30-3)20(11-16)31-4/h5-6,11,15,17-18H,7-10,12-14H2,1-4H3,(H,24,29).